The summed E-state index contributed by atoms with van der Waals surface area (Å²) in [7, 11) is 0. The van der Waals surface area contributed by atoms with Crippen LogP contribution < -0.4 is 5.69 Å². The van der Waals surface area contributed by atoms with E-state index in [-0.39, 0.29) is 5.69 Å². The minimum absolute atomic E-state index is 0.161. The molecule has 1 aromatic heterocycles. The summed E-state index contributed by atoms with van der Waals surface area (Å²) in [6, 6.07) is 0. The number of nitrogens with zero attached hydrogens (tertiary/aromatic N) is 2. The van der Waals surface area contributed by atoms with Crippen LogP contribution in [0.2, 0.25) is 0 Å². The Balaban J connectivity index is 2.70. The van der Waals surface area contributed by atoms with Crippen LogP contribution in [0.3, 0.4) is 0 Å². The Morgan fingerprint density at radius 1 is 1.73 bits per heavy atom. The molecule has 15 heavy (non-hydrogen) atoms. The molecule has 0 amide bonds. The molecule has 1 aromatic rings. The lowest BCUT2D eigenvalue weighted by atomic mass is 10.3. The molecule has 0 saturated carbocycles. The minimum Gasteiger partial charge on any atom is -0.270 e. The topological polar surface area (TPSA) is 50.7 Å². The standard InChI is InChI=1S/C9H14ClN3OS/c1-3-4-5-13-8(14)11-12-9(13)15-6-7(2)10/h2-6H2,1H3,(H,11,14). The molecule has 4 nitrogen and oxygen atoms in total. The molecule has 1 N–H and O–H groups in total. The van der Waals surface area contributed by atoms with Crippen LogP contribution in [0.25, 0.3) is 0 Å². The summed E-state index contributed by atoms with van der Waals surface area (Å²) in [4.78, 5) is 11.4. The highest BCUT2D eigenvalue weighted by atomic mass is 35.5. The van der Waals surface area contributed by atoms with Crippen molar-refractivity contribution >= 4 is 23.4 Å². The number of aromatic amines is 1. The summed E-state index contributed by atoms with van der Waals surface area (Å²) >= 11 is 7.07. The lowest BCUT2D eigenvalue weighted by Gasteiger charge is -2.03. The van der Waals surface area contributed by atoms with Gasteiger partial charge in [0, 0.05) is 17.3 Å². The maximum absolute atomic E-state index is 11.4. The summed E-state index contributed by atoms with van der Waals surface area (Å²) in [5, 5.41) is 7.59. The van der Waals surface area contributed by atoms with Crippen LogP contribution >= 0.6 is 23.4 Å². The third kappa shape index (κ3) is 3.76. The van der Waals surface area contributed by atoms with Crippen LogP contribution in [0, 0.1) is 0 Å². The average Bonchev–Trinajstić information content (AvgIpc) is 2.53. The van der Waals surface area contributed by atoms with Crippen LogP contribution in [-0.4, -0.2) is 20.5 Å². The molecular formula is C9H14ClN3OS. The van der Waals surface area contributed by atoms with Crippen molar-refractivity contribution in [3.8, 4) is 0 Å². The van der Waals surface area contributed by atoms with E-state index in [1.54, 1.807) is 4.57 Å². The zero-order valence-electron chi connectivity index (χ0n) is 8.62. The van der Waals surface area contributed by atoms with E-state index in [0.717, 1.165) is 12.8 Å². The number of rotatable bonds is 6. The summed E-state index contributed by atoms with van der Waals surface area (Å²) in [5.74, 6) is 0.567. The molecule has 1 heterocycles. The Bertz CT molecular complexity index is 385. The SMILES string of the molecule is C=C(Cl)CSc1n[nH]c(=O)n1CCCC. The number of H-pyrrole nitrogens is 1. The van der Waals surface area contributed by atoms with Crippen LogP contribution in [0.15, 0.2) is 21.6 Å². The van der Waals surface area contributed by atoms with Crippen molar-refractivity contribution in [2.24, 2.45) is 0 Å². The highest BCUT2D eigenvalue weighted by molar-refractivity contribution is 7.99. The number of hydrogen-bond donors (Lipinski definition) is 1. The van der Waals surface area contributed by atoms with Gasteiger partial charge in [-0.2, -0.15) is 0 Å². The Morgan fingerprint density at radius 3 is 3.07 bits per heavy atom. The maximum Gasteiger partial charge on any atom is 0.343 e. The first kappa shape index (κ1) is 12.4. The Kier molecular flexibility index (Phi) is 4.98. The van der Waals surface area contributed by atoms with Gasteiger partial charge in [0.15, 0.2) is 5.16 Å². The van der Waals surface area contributed by atoms with Gasteiger partial charge in [0.25, 0.3) is 0 Å². The summed E-state index contributed by atoms with van der Waals surface area (Å²) < 4.78 is 1.63. The average molecular weight is 248 g/mol. The summed E-state index contributed by atoms with van der Waals surface area (Å²) in [6.07, 6.45) is 2.01. The molecule has 0 radical (unpaired) electrons. The molecule has 0 unspecified atom stereocenters. The quantitative estimate of drug-likeness (QED) is 0.785. The molecule has 0 aliphatic heterocycles. The van der Waals surface area contributed by atoms with Crippen LogP contribution in [0.5, 0.6) is 0 Å². The zero-order valence-corrected chi connectivity index (χ0v) is 10.2. The normalized spacial score (nSPS) is 10.5. The predicted octanol–water partition coefficient (Wildman–Crippen LogP) is 2.22. The van der Waals surface area contributed by atoms with Gasteiger partial charge in [0.1, 0.15) is 0 Å². The van der Waals surface area contributed by atoms with Gasteiger partial charge >= 0.3 is 5.69 Å². The maximum atomic E-state index is 11.4. The van der Waals surface area contributed by atoms with E-state index in [4.69, 9.17) is 11.6 Å². The Labute approximate surface area is 97.7 Å². The van der Waals surface area contributed by atoms with Crippen molar-refractivity contribution in [1.29, 1.82) is 0 Å². The second kappa shape index (κ2) is 6.02. The molecule has 0 atom stereocenters. The Hall–Kier alpha value is -0.680. The van der Waals surface area contributed by atoms with Gasteiger partial charge in [0.2, 0.25) is 0 Å². The second-order valence-corrected chi connectivity index (χ2v) is 4.60. The van der Waals surface area contributed by atoms with Gasteiger partial charge in [-0.05, 0) is 6.42 Å². The van der Waals surface area contributed by atoms with E-state index in [1.807, 2.05) is 0 Å². The molecule has 0 aliphatic rings. The minimum atomic E-state index is -0.161. The first-order valence-corrected chi connectivity index (χ1v) is 6.12. The van der Waals surface area contributed by atoms with Gasteiger partial charge in [-0.15, -0.1) is 5.10 Å². The smallest absolute Gasteiger partial charge is 0.270 e. The van der Waals surface area contributed by atoms with Crippen LogP contribution in [0.4, 0.5) is 0 Å². The molecule has 0 fully saturated rings. The van der Waals surface area contributed by atoms with Crippen molar-refractivity contribution < 1.29 is 0 Å². The summed E-state index contributed by atoms with van der Waals surface area (Å²) in [5.41, 5.74) is -0.161. The fourth-order valence-corrected chi connectivity index (χ4v) is 1.96. The molecule has 6 heteroatoms. The van der Waals surface area contributed by atoms with E-state index in [9.17, 15) is 4.79 Å². The van der Waals surface area contributed by atoms with Crippen molar-refractivity contribution in [3.05, 3.63) is 22.1 Å². The number of unbranched alkanes of at least 4 members (excludes halogenated alkanes) is 1. The predicted molar refractivity (Wildman–Crippen MR) is 63.5 cm³/mol. The lowest BCUT2D eigenvalue weighted by molar-refractivity contribution is 0.573. The highest BCUT2D eigenvalue weighted by Gasteiger charge is 2.07. The van der Waals surface area contributed by atoms with Crippen LogP contribution in [0.1, 0.15) is 19.8 Å². The van der Waals surface area contributed by atoms with E-state index < -0.39 is 0 Å². The van der Waals surface area contributed by atoms with E-state index in [2.05, 4.69) is 23.7 Å². The van der Waals surface area contributed by atoms with Crippen LogP contribution in [-0.2, 0) is 6.54 Å². The molecule has 84 valence electrons. The van der Waals surface area contributed by atoms with Crippen molar-refractivity contribution in [3.63, 3.8) is 0 Å². The fourth-order valence-electron chi connectivity index (χ4n) is 1.07. The molecule has 0 aliphatic carbocycles. The van der Waals surface area contributed by atoms with E-state index in [0.29, 0.717) is 22.5 Å². The first-order chi connectivity index (χ1) is 7.15. The number of hydrogen-bond acceptors (Lipinski definition) is 3. The van der Waals surface area contributed by atoms with Gasteiger partial charge < -0.3 is 0 Å². The van der Waals surface area contributed by atoms with Crippen molar-refractivity contribution in [2.45, 2.75) is 31.5 Å². The largest absolute Gasteiger partial charge is 0.343 e. The number of thioether (sulfide) groups is 1. The Morgan fingerprint density at radius 2 is 2.47 bits per heavy atom. The molecular weight excluding hydrogens is 234 g/mol. The van der Waals surface area contributed by atoms with Gasteiger partial charge in [-0.3, -0.25) is 4.57 Å². The van der Waals surface area contributed by atoms with Gasteiger partial charge in [-0.25, -0.2) is 9.89 Å². The molecule has 0 aromatic carbocycles. The van der Waals surface area contributed by atoms with Gasteiger partial charge in [-0.1, -0.05) is 43.3 Å². The first-order valence-electron chi connectivity index (χ1n) is 4.76. The molecule has 0 saturated heterocycles. The third-order valence-electron chi connectivity index (χ3n) is 1.82. The summed E-state index contributed by atoms with van der Waals surface area (Å²) in [6.45, 7) is 6.37. The van der Waals surface area contributed by atoms with Crippen molar-refractivity contribution in [1.82, 2.24) is 14.8 Å². The molecule has 0 spiro atoms. The number of aromatic nitrogens is 3. The molecule has 1 rings (SSSR count). The monoisotopic (exact) mass is 247 g/mol. The number of halogens is 1. The third-order valence-corrected chi connectivity index (χ3v) is 3.17. The van der Waals surface area contributed by atoms with Gasteiger partial charge in [0.05, 0.1) is 0 Å². The van der Waals surface area contributed by atoms with E-state index in [1.165, 1.54) is 11.8 Å². The fraction of sp³-hybridized carbons (Fsp3) is 0.556. The lowest BCUT2D eigenvalue weighted by Crippen LogP contribution is -2.17. The molecule has 0 bridgehead atoms. The van der Waals surface area contributed by atoms with Crippen molar-refractivity contribution in [2.75, 3.05) is 5.75 Å². The van der Waals surface area contributed by atoms with E-state index >= 15 is 0 Å². The second-order valence-electron chi connectivity index (χ2n) is 3.12. The number of nitrogens with one attached hydrogen (secondary N) is 1. The highest BCUT2D eigenvalue weighted by Crippen LogP contribution is 2.17. The zero-order chi connectivity index (χ0) is 11.3.